The molecule has 63 heavy (non-hydrogen) atoms. The van der Waals surface area contributed by atoms with E-state index in [0.717, 1.165) is 13.2 Å². The maximum absolute atomic E-state index is 5.96. The van der Waals surface area contributed by atoms with Gasteiger partial charge < -0.3 is 4.74 Å². The minimum absolute atomic E-state index is 0.999. The van der Waals surface area contributed by atoms with Crippen LogP contribution in [0.25, 0.3) is 0 Å². The molecule has 0 bridgehead atoms. The molecule has 0 rings (SSSR count). The molecule has 0 aromatic carbocycles. The summed E-state index contributed by atoms with van der Waals surface area (Å²) in [5.41, 5.74) is 0. The zero-order valence-electron chi connectivity index (χ0n) is 44.8. The summed E-state index contributed by atoms with van der Waals surface area (Å²) in [6, 6.07) is 0. The van der Waals surface area contributed by atoms with Gasteiger partial charge in [-0.05, 0) is 12.8 Å². The Bertz CT molecular complexity index is 671. The van der Waals surface area contributed by atoms with Gasteiger partial charge in [0.05, 0.1) is 0 Å². The lowest BCUT2D eigenvalue weighted by Gasteiger charge is -2.06. The summed E-state index contributed by atoms with van der Waals surface area (Å²) in [7, 11) is 0. The van der Waals surface area contributed by atoms with E-state index in [1.165, 1.54) is 372 Å². The third-order valence-corrected chi connectivity index (χ3v) is 14.8. The Morgan fingerprint density at radius 2 is 0.222 bits per heavy atom. The lowest BCUT2D eigenvalue weighted by atomic mass is 10.0. The van der Waals surface area contributed by atoms with Crippen LogP contribution in [0.15, 0.2) is 0 Å². The molecular weight excluding hydrogens is 761 g/mol. The number of ether oxygens (including phenoxy) is 1. The molecule has 0 fully saturated rings. The second kappa shape index (κ2) is 62.0. The predicted octanol–water partition coefficient (Wildman–Crippen LogP) is 23.7. The molecule has 0 heterocycles. The average Bonchev–Trinajstić information content (AvgIpc) is 3.29. The van der Waals surface area contributed by atoms with Gasteiger partial charge in [-0.1, -0.05) is 373 Å². The van der Waals surface area contributed by atoms with Crippen LogP contribution in [0.3, 0.4) is 0 Å². The molecule has 0 radical (unpaired) electrons. The molecule has 0 aromatic heterocycles. The van der Waals surface area contributed by atoms with Crippen molar-refractivity contribution < 1.29 is 4.74 Å². The minimum Gasteiger partial charge on any atom is -0.381 e. The van der Waals surface area contributed by atoms with E-state index in [1.54, 1.807) is 0 Å². The Labute approximate surface area is 402 Å². The molecule has 0 atom stereocenters. The van der Waals surface area contributed by atoms with Crippen molar-refractivity contribution in [1.82, 2.24) is 0 Å². The highest BCUT2D eigenvalue weighted by atomic mass is 16.5. The standard InChI is InChI=1S/C62H126O/c1-3-5-7-9-11-13-15-17-19-21-23-25-27-29-31-33-35-37-39-41-43-45-47-49-51-53-55-57-59-61-63-62-60-58-56-54-52-50-48-46-44-42-40-38-36-34-32-30-28-26-24-22-20-18-16-14-12-10-8-6-4-2/h3-62H2,1-2H3. The van der Waals surface area contributed by atoms with Gasteiger partial charge in [-0.15, -0.1) is 0 Å². The maximum Gasteiger partial charge on any atom is 0.0466 e. The highest BCUT2D eigenvalue weighted by molar-refractivity contribution is 4.55. The van der Waals surface area contributed by atoms with Gasteiger partial charge >= 0.3 is 0 Å². The summed E-state index contributed by atoms with van der Waals surface area (Å²) >= 11 is 0. The fourth-order valence-corrected chi connectivity index (χ4v) is 10.2. The summed E-state index contributed by atoms with van der Waals surface area (Å²) in [5.74, 6) is 0. The van der Waals surface area contributed by atoms with E-state index in [2.05, 4.69) is 13.8 Å². The topological polar surface area (TPSA) is 9.23 Å². The first-order valence-electron chi connectivity index (χ1n) is 31.0. The molecule has 1 nitrogen and oxygen atoms in total. The number of hydrogen-bond acceptors (Lipinski definition) is 1. The maximum atomic E-state index is 5.96. The van der Waals surface area contributed by atoms with Crippen molar-refractivity contribution in [3.05, 3.63) is 0 Å². The van der Waals surface area contributed by atoms with Crippen LogP contribution in [-0.2, 0) is 4.74 Å². The van der Waals surface area contributed by atoms with Gasteiger partial charge in [0, 0.05) is 13.2 Å². The quantitative estimate of drug-likeness (QED) is 0.0553. The minimum atomic E-state index is 0.999. The number of rotatable bonds is 60. The summed E-state index contributed by atoms with van der Waals surface area (Å²) in [5, 5.41) is 0. The van der Waals surface area contributed by atoms with E-state index in [9.17, 15) is 0 Å². The van der Waals surface area contributed by atoms with Crippen LogP contribution >= 0.6 is 0 Å². The first kappa shape index (κ1) is 63.0. The summed E-state index contributed by atoms with van der Waals surface area (Å²) < 4.78 is 5.96. The van der Waals surface area contributed by atoms with E-state index < -0.39 is 0 Å². The van der Waals surface area contributed by atoms with E-state index in [0.29, 0.717) is 0 Å². The van der Waals surface area contributed by atoms with Crippen molar-refractivity contribution in [2.75, 3.05) is 13.2 Å². The monoisotopic (exact) mass is 887 g/mol. The van der Waals surface area contributed by atoms with Gasteiger partial charge in [-0.25, -0.2) is 0 Å². The molecule has 1 heteroatoms. The van der Waals surface area contributed by atoms with Crippen molar-refractivity contribution in [2.24, 2.45) is 0 Å². The average molecular weight is 888 g/mol. The first-order valence-corrected chi connectivity index (χ1v) is 31.0. The summed E-state index contributed by atoms with van der Waals surface area (Å²) in [6.07, 6.45) is 84.9. The number of unbranched alkanes of at least 4 members (excludes halogenated alkanes) is 56. The van der Waals surface area contributed by atoms with Gasteiger partial charge in [-0.3, -0.25) is 0 Å². The van der Waals surface area contributed by atoms with E-state index in [-0.39, 0.29) is 0 Å². The molecule has 0 amide bonds. The number of hydrogen-bond donors (Lipinski definition) is 0. The Hall–Kier alpha value is -0.0400. The van der Waals surface area contributed by atoms with Crippen molar-refractivity contribution in [1.29, 1.82) is 0 Å². The third kappa shape index (κ3) is 62.0. The molecule has 0 aliphatic rings. The Morgan fingerprint density at radius 1 is 0.127 bits per heavy atom. The van der Waals surface area contributed by atoms with Gasteiger partial charge in [0.25, 0.3) is 0 Å². The highest BCUT2D eigenvalue weighted by Gasteiger charge is 2.00. The van der Waals surface area contributed by atoms with Gasteiger partial charge in [0.2, 0.25) is 0 Å². The Kier molecular flexibility index (Phi) is 61.9. The second-order valence-corrected chi connectivity index (χ2v) is 21.4. The Balaban J connectivity index is 3.06. The molecule has 0 aromatic rings. The van der Waals surface area contributed by atoms with Gasteiger partial charge in [-0.2, -0.15) is 0 Å². The van der Waals surface area contributed by atoms with Gasteiger partial charge in [0.15, 0.2) is 0 Å². The predicted molar refractivity (Wildman–Crippen MR) is 290 cm³/mol. The smallest absolute Gasteiger partial charge is 0.0466 e. The summed E-state index contributed by atoms with van der Waals surface area (Å²) in [4.78, 5) is 0. The molecule has 380 valence electrons. The lowest BCUT2D eigenvalue weighted by molar-refractivity contribution is 0.125. The van der Waals surface area contributed by atoms with Crippen molar-refractivity contribution in [2.45, 2.75) is 386 Å². The van der Waals surface area contributed by atoms with E-state index in [1.807, 2.05) is 0 Å². The molecule has 0 aliphatic heterocycles. The fourth-order valence-electron chi connectivity index (χ4n) is 10.2. The molecule has 0 aliphatic carbocycles. The van der Waals surface area contributed by atoms with Crippen molar-refractivity contribution in [3.63, 3.8) is 0 Å². The highest BCUT2D eigenvalue weighted by Crippen LogP contribution is 2.19. The van der Waals surface area contributed by atoms with Crippen LogP contribution in [0.5, 0.6) is 0 Å². The third-order valence-electron chi connectivity index (χ3n) is 14.8. The van der Waals surface area contributed by atoms with Crippen LogP contribution in [0.1, 0.15) is 386 Å². The molecule has 0 spiro atoms. The lowest BCUT2D eigenvalue weighted by Crippen LogP contribution is -1.97. The van der Waals surface area contributed by atoms with Crippen LogP contribution in [0.4, 0.5) is 0 Å². The van der Waals surface area contributed by atoms with Crippen LogP contribution in [-0.4, -0.2) is 13.2 Å². The zero-order valence-corrected chi connectivity index (χ0v) is 44.8. The second-order valence-electron chi connectivity index (χ2n) is 21.4. The first-order chi connectivity index (χ1) is 31.4. The van der Waals surface area contributed by atoms with Crippen LogP contribution in [0.2, 0.25) is 0 Å². The molecular formula is C62H126O. The molecule has 0 saturated heterocycles. The molecule has 0 N–H and O–H groups in total. The SMILES string of the molecule is CCCCCCCCCCCCCCCCCCCCCCCCCCCCCCCOCCCCCCCCCCCCCCCCCCCCCCCCCCCCCCC. The van der Waals surface area contributed by atoms with Gasteiger partial charge in [0.1, 0.15) is 0 Å². The summed E-state index contributed by atoms with van der Waals surface area (Å²) in [6.45, 7) is 6.62. The van der Waals surface area contributed by atoms with Crippen molar-refractivity contribution >= 4 is 0 Å². The van der Waals surface area contributed by atoms with Crippen molar-refractivity contribution in [3.8, 4) is 0 Å². The largest absolute Gasteiger partial charge is 0.381 e. The molecule has 0 saturated carbocycles. The van der Waals surface area contributed by atoms with E-state index in [4.69, 9.17) is 4.74 Å². The zero-order chi connectivity index (χ0) is 45.1. The van der Waals surface area contributed by atoms with Crippen LogP contribution in [0, 0.1) is 0 Å². The molecule has 0 unspecified atom stereocenters. The van der Waals surface area contributed by atoms with Crippen LogP contribution < -0.4 is 0 Å². The normalized spacial score (nSPS) is 11.7. The van der Waals surface area contributed by atoms with E-state index >= 15 is 0 Å². The Morgan fingerprint density at radius 3 is 0.333 bits per heavy atom. The fraction of sp³-hybridized carbons (Fsp3) is 1.00.